The molecule has 0 saturated carbocycles. The van der Waals surface area contributed by atoms with Crippen LogP contribution in [0.1, 0.15) is 50.7 Å². The quantitative estimate of drug-likeness (QED) is 0.851. The number of hydrogen-bond acceptors (Lipinski definition) is 2. The molecule has 0 aliphatic carbocycles. The molecule has 0 bridgehead atoms. The molecule has 1 aromatic rings. The second-order valence-corrected chi connectivity index (χ2v) is 4.80. The highest BCUT2D eigenvalue weighted by Gasteiger charge is 2.22. The van der Waals surface area contributed by atoms with Crippen LogP contribution in [0.25, 0.3) is 0 Å². The highest BCUT2D eigenvalue weighted by atomic mass is 16.1. The molecule has 1 N–H and O–H groups in total. The van der Waals surface area contributed by atoms with E-state index in [9.17, 15) is 4.79 Å². The molecule has 0 unspecified atom stereocenters. The van der Waals surface area contributed by atoms with E-state index < -0.39 is 0 Å². The molecular formula is C12H21N3O. The van der Waals surface area contributed by atoms with Crippen molar-refractivity contribution < 1.29 is 4.79 Å². The van der Waals surface area contributed by atoms with Gasteiger partial charge in [0.2, 0.25) is 0 Å². The number of carbonyl (C=O) groups is 1. The number of hydrogen-bond donors (Lipinski definition) is 1. The molecule has 1 heterocycles. The molecule has 0 radical (unpaired) electrons. The van der Waals surface area contributed by atoms with Crippen LogP contribution in [0.3, 0.4) is 0 Å². The topological polar surface area (TPSA) is 46.9 Å². The molecule has 0 aliphatic rings. The molecule has 0 atom stereocenters. The highest BCUT2D eigenvalue weighted by molar-refractivity contribution is 5.95. The Bertz CT molecular complexity index is 374. The largest absolute Gasteiger partial charge is 0.352 e. The Morgan fingerprint density at radius 2 is 2.06 bits per heavy atom. The van der Waals surface area contributed by atoms with Crippen molar-refractivity contribution in [2.75, 3.05) is 6.54 Å². The first-order chi connectivity index (χ1) is 7.41. The lowest BCUT2D eigenvalue weighted by atomic mass is 10.1. The van der Waals surface area contributed by atoms with Gasteiger partial charge < -0.3 is 5.32 Å². The number of aromatic nitrogens is 2. The van der Waals surface area contributed by atoms with Gasteiger partial charge >= 0.3 is 0 Å². The summed E-state index contributed by atoms with van der Waals surface area (Å²) in [6.45, 7) is 10.9. The first kappa shape index (κ1) is 12.7. The first-order valence-corrected chi connectivity index (χ1v) is 5.77. The molecule has 0 aliphatic heterocycles. The minimum atomic E-state index is -0.0872. The van der Waals surface area contributed by atoms with E-state index in [0.29, 0.717) is 12.1 Å². The smallest absolute Gasteiger partial charge is 0.254 e. The van der Waals surface area contributed by atoms with Crippen LogP contribution in [0.15, 0.2) is 6.20 Å². The fourth-order valence-corrected chi connectivity index (χ4v) is 1.74. The fraction of sp³-hybridized carbons (Fsp3) is 0.667. The SMILES string of the molecule is CCNC(=O)c1cnn(C(C)(C)C)c1CC. The number of nitrogens with zero attached hydrogens (tertiary/aromatic N) is 2. The third-order valence-electron chi connectivity index (χ3n) is 2.42. The predicted octanol–water partition coefficient (Wildman–Crippen LogP) is 1.95. The summed E-state index contributed by atoms with van der Waals surface area (Å²) in [5, 5.41) is 7.13. The maximum absolute atomic E-state index is 11.8. The van der Waals surface area contributed by atoms with Crippen LogP contribution >= 0.6 is 0 Å². The number of rotatable bonds is 3. The van der Waals surface area contributed by atoms with Gasteiger partial charge in [-0.05, 0) is 34.1 Å². The van der Waals surface area contributed by atoms with E-state index in [2.05, 4.69) is 31.2 Å². The molecule has 1 amide bonds. The fourth-order valence-electron chi connectivity index (χ4n) is 1.74. The summed E-state index contributed by atoms with van der Waals surface area (Å²) in [6, 6.07) is 0. The van der Waals surface area contributed by atoms with Crippen LogP contribution < -0.4 is 5.32 Å². The zero-order chi connectivity index (χ0) is 12.3. The van der Waals surface area contributed by atoms with Crippen LogP contribution in [-0.4, -0.2) is 22.2 Å². The molecular weight excluding hydrogens is 202 g/mol. The molecule has 4 heteroatoms. The Morgan fingerprint density at radius 1 is 1.44 bits per heavy atom. The second-order valence-electron chi connectivity index (χ2n) is 4.80. The Hall–Kier alpha value is -1.32. The molecule has 0 aromatic carbocycles. The van der Waals surface area contributed by atoms with Crippen molar-refractivity contribution in [1.82, 2.24) is 15.1 Å². The van der Waals surface area contributed by atoms with E-state index in [0.717, 1.165) is 12.1 Å². The normalized spacial score (nSPS) is 11.6. The van der Waals surface area contributed by atoms with Gasteiger partial charge in [-0.25, -0.2) is 0 Å². The Balaban J connectivity index is 3.14. The van der Waals surface area contributed by atoms with Crippen molar-refractivity contribution in [2.45, 2.75) is 46.6 Å². The Labute approximate surface area is 97.0 Å². The number of amides is 1. The van der Waals surface area contributed by atoms with E-state index in [1.165, 1.54) is 0 Å². The van der Waals surface area contributed by atoms with Crippen molar-refractivity contribution >= 4 is 5.91 Å². The highest BCUT2D eigenvalue weighted by Crippen LogP contribution is 2.19. The van der Waals surface area contributed by atoms with E-state index in [1.54, 1.807) is 6.20 Å². The van der Waals surface area contributed by atoms with Gasteiger partial charge in [-0.2, -0.15) is 5.10 Å². The Morgan fingerprint density at radius 3 is 2.50 bits per heavy atom. The molecule has 4 nitrogen and oxygen atoms in total. The lowest BCUT2D eigenvalue weighted by Crippen LogP contribution is -2.27. The average molecular weight is 223 g/mol. The van der Waals surface area contributed by atoms with Crippen LogP contribution in [0.2, 0.25) is 0 Å². The summed E-state index contributed by atoms with van der Waals surface area (Å²) >= 11 is 0. The second kappa shape index (κ2) is 4.68. The van der Waals surface area contributed by atoms with Gasteiger partial charge in [0.25, 0.3) is 5.91 Å². The summed E-state index contributed by atoms with van der Waals surface area (Å²) < 4.78 is 1.93. The van der Waals surface area contributed by atoms with Crippen LogP contribution in [0.4, 0.5) is 0 Å². The van der Waals surface area contributed by atoms with Crippen molar-refractivity contribution in [3.8, 4) is 0 Å². The van der Waals surface area contributed by atoms with Crippen molar-refractivity contribution in [1.29, 1.82) is 0 Å². The molecule has 1 aromatic heterocycles. The van der Waals surface area contributed by atoms with Crippen LogP contribution in [0.5, 0.6) is 0 Å². The average Bonchev–Trinajstić information content (AvgIpc) is 2.60. The molecule has 0 fully saturated rings. The van der Waals surface area contributed by atoms with Gasteiger partial charge in [-0.15, -0.1) is 0 Å². The summed E-state index contributed by atoms with van der Waals surface area (Å²) in [5.41, 5.74) is 1.61. The standard InChI is InChI=1S/C12H21N3O/c1-6-10-9(11(16)13-7-2)8-14-15(10)12(3,4)5/h8H,6-7H2,1-5H3,(H,13,16). The zero-order valence-electron chi connectivity index (χ0n) is 10.8. The van der Waals surface area contributed by atoms with E-state index in [1.807, 2.05) is 18.5 Å². The maximum atomic E-state index is 11.8. The maximum Gasteiger partial charge on any atom is 0.254 e. The lowest BCUT2D eigenvalue weighted by Gasteiger charge is -2.22. The van der Waals surface area contributed by atoms with Gasteiger partial charge in [0.05, 0.1) is 23.0 Å². The van der Waals surface area contributed by atoms with Gasteiger partial charge in [0, 0.05) is 6.54 Å². The Kier molecular flexibility index (Phi) is 3.73. The molecule has 90 valence electrons. The van der Waals surface area contributed by atoms with Crippen molar-refractivity contribution in [2.24, 2.45) is 0 Å². The van der Waals surface area contributed by atoms with Gasteiger partial charge in [0.15, 0.2) is 0 Å². The molecule has 0 spiro atoms. The molecule has 0 saturated heterocycles. The van der Waals surface area contributed by atoms with Gasteiger partial charge in [-0.3, -0.25) is 9.48 Å². The number of carbonyl (C=O) groups excluding carboxylic acids is 1. The summed E-state index contributed by atoms with van der Waals surface area (Å²) in [4.78, 5) is 11.8. The minimum Gasteiger partial charge on any atom is -0.352 e. The van der Waals surface area contributed by atoms with E-state index in [4.69, 9.17) is 0 Å². The number of nitrogens with one attached hydrogen (secondary N) is 1. The summed E-state index contributed by atoms with van der Waals surface area (Å²) in [7, 11) is 0. The third kappa shape index (κ3) is 2.43. The van der Waals surface area contributed by atoms with Gasteiger partial charge in [-0.1, -0.05) is 6.92 Å². The minimum absolute atomic E-state index is 0.0325. The first-order valence-electron chi connectivity index (χ1n) is 5.77. The van der Waals surface area contributed by atoms with Crippen LogP contribution in [-0.2, 0) is 12.0 Å². The summed E-state index contributed by atoms with van der Waals surface area (Å²) in [6.07, 6.45) is 2.47. The lowest BCUT2D eigenvalue weighted by molar-refractivity contribution is 0.0954. The van der Waals surface area contributed by atoms with E-state index in [-0.39, 0.29) is 11.4 Å². The summed E-state index contributed by atoms with van der Waals surface area (Å²) in [5.74, 6) is -0.0325. The molecule has 16 heavy (non-hydrogen) atoms. The predicted molar refractivity (Wildman–Crippen MR) is 64.6 cm³/mol. The zero-order valence-corrected chi connectivity index (χ0v) is 10.8. The van der Waals surface area contributed by atoms with Crippen molar-refractivity contribution in [3.63, 3.8) is 0 Å². The molecule has 1 rings (SSSR count). The monoisotopic (exact) mass is 223 g/mol. The van der Waals surface area contributed by atoms with E-state index >= 15 is 0 Å². The third-order valence-corrected chi connectivity index (χ3v) is 2.42. The van der Waals surface area contributed by atoms with Crippen molar-refractivity contribution in [3.05, 3.63) is 17.5 Å². The van der Waals surface area contributed by atoms with Crippen LogP contribution in [0, 0.1) is 0 Å². The van der Waals surface area contributed by atoms with Gasteiger partial charge in [0.1, 0.15) is 0 Å².